The smallest absolute Gasteiger partial charge is 0.229 e. The van der Waals surface area contributed by atoms with Gasteiger partial charge in [0.2, 0.25) is 10.0 Å². The summed E-state index contributed by atoms with van der Waals surface area (Å²) in [5.41, 5.74) is 7.47. The average molecular weight is 281 g/mol. The number of nitrogens with zero attached hydrogens (tertiary/aromatic N) is 1. The second-order valence-corrected chi connectivity index (χ2v) is 5.79. The molecule has 0 aliphatic rings. The molecule has 100 valence electrons. The number of aromatic nitrogens is 1. The third kappa shape index (κ3) is 3.41. The number of halogens is 1. The highest BCUT2D eigenvalue weighted by Gasteiger charge is 2.07. The lowest BCUT2D eigenvalue weighted by Crippen LogP contribution is -2.09. The van der Waals surface area contributed by atoms with Crippen molar-refractivity contribution in [3.8, 4) is 11.3 Å². The van der Waals surface area contributed by atoms with Gasteiger partial charge in [-0.05, 0) is 12.1 Å². The average Bonchev–Trinajstić information content (AvgIpc) is 2.28. The van der Waals surface area contributed by atoms with E-state index in [4.69, 9.17) is 5.73 Å². The molecule has 2 aromatic rings. The second kappa shape index (κ2) is 4.85. The van der Waals surface area contributed by atoms with Gasteiger partial charge in [-0.25, -0.2) is 12.8 Å². The molecular formula is C12H12FN3O2S. The number of hydrogen-bond donors (Lipinski definition) is 2. The van der Waals surface area contributed by atoms with Crippen LogP contribution in [0.4, 0.5) is 15.8 Å². The maximum atomic E-state index is 12.9. The molecule has 0 amide bonds. The zero-order valence-electron chi connectivity index (χ0n) is 10.1. The number of sulfonamides is 1. The van der Waals surface area contributed by atoms with E-state index in [9.17, 15) is 12.8 Å². The van der Waals surface area contributed by atoms with Crippen molar-refractivity contribution in [3.63, 3.8) is 0 Å². The number of nitrogens with one attached hydrogen (secondary N) is 1. The van der Waals surface area contributed by atoms with Crippen LogP contribution < -0.4 is 10.5 Å². The van der Waals surface area contributed by atoms with Crippen molar-refractivity contribution in [2.75, 3.05) is 16.7 Å². The van der Waals surface area contributed by atoms with Crippen molar-refractivity contribution in [2.24, 2.45) is 0 Å². The van der Waals surface area contributed by atoms with Crippen LogP contribution in [0.5, 0.6) is 0 Å². The van der Waals surface area contributed by atoms with Gasteiger partial charge < -0.3 is 5.73 Å². The Kier molecular flexibility index (Phi) is 3.39. The highest BCUT2D eigenvalue weighted by atomic mass is 32.2. The zero-order chi connectivity index (χ0) is 14.0. The highest BCUT2D eigenvalue weighted by Crippen LogP contribution is 2.25. The first-order valence-electron chi connectivity index (χ1n) is 5.34. The Morgan fingerprint density at radius 3 is 2.42 bits per heavy atom. The lowest BCUT2D eigenvalue weighted by molar-refractivity contribution is 0.607. The molecule has 5 nitrogen and oxygen atoms in total. The minimum atomic E-state index is -3.31. The second-order valence-electron chi connectivity index (χ2n) is 4.04. The number of rotatable bonds is 3. The molecule has 0 atom stereocenters. The van der Waals surface area contributed by atoms with Crippen molar-refractivity contribution in [1.82, 2.24) is 4.98 Å². The molecule has 3 N–H and O–H groups in total. The van der Waals surface area contributed by atoms with Crippen LogP contribution in [-0.2, 0) is 10.0 Å². The van der Waals surface area contributed by atoms with Gasteiger partial charge in [0.1, 0.15) is 5.82 Å². The quantitative estimate of drug-likeness (QED) is 0.899. The largest absolute Gasteiger partial charge is 0.397 e. The normalized spacial score (nSPS) is 11.3. The van der Waals surface area contributed by atoms with Crippen LogP contribution in [0.25, 0.3) is 11.3 Å². The third-order valence-corrected chi connectivity index (χ3v) is 2.95. The van der Waals surface area contributed by atoms with Crippen molar-refractivity contribution >= 4 is 21.4 Å². The van der Waals surface area contributed by atoms with Crippen LogP contribution in [0, 0.1) is 5.82 Å². The summed E-state index contributed by atoms with van der Waals surface area (Å²) in [6.45, 7) is 0. The molecule has 7 heteroatoms. The predicted molar refractivity (Wildman–Crippen MR) is 72.5 cm³/mol. The fourth-order valence-electron chi connectivity index (χ4n) is 1.61. The first-order valence-corrected chi connectivity index (χ1v) is 7.23. The third-order valence-electron chi connectivity index (χ3n) is 2.35. The first-order chi connectivity index (χ1) is 8.85. The molecule has 0 aliphatic heterocycles. The fraction of sp³-hybridized carbons (Fsp3) is 0.0833. The van der Waals surface area contributed by atoms with Crippen molar-refractivity contribution in [1.29, 1.82) is 0 Å². The van der Waals surface area contributed by atoms with Crippen LogP contribution in [0.3, 0.4) is 0 Å². The molecule has 0 saturated heterocycles. The van der Waals surface area contributed by atoms with E-state index in [2.05, 4.69) is 9.71 Å². The SMILES string of the molecule is CS(=O)(=O)Nc1ccc(-c2ncc(F)cc2N)cc1. The van der Waals surface area contributed by atoms with Gasteiger partial charge in [-0.15, -0.1) is 0 Å². The van der Waals surface area contributed by atoms with E-state index in [0.29, 0.717) is 16.9 Å². The van der Waals surface area contributed by atoms with Gasteiger partial charge in [-0.2, -0.15) is 0 Å². The Labute approximate surface area is 110 Å². The van der Waals surface area contributed by atoms with Crippen molar-refractivity contribution < 1.29 is 12.8 Å². The Balaban J connectivity index is 2.32. The van der Waals surface area contributed by atoms with Crippen LogP contribution >= 0.6 is 0 Å². The van der Waals surface area contributed by atoms with Crippen LogP contribution in [0.15, 0.2) is 36.5 Å². The minimum Gasteiger partial charge on any atom is -0.397 e. The number of nitrogens with two attached hydrogens (primary N) is 1. The molecule has 0 saturated carbocycles. The maximum absolute atomic E-state index is 12.9. The summed E-state index contributed by atoms with van der Waals surface area (Å²) >= 11 is 0. The number of benzene rings is 1. The molecule has 1 aromatic heterocycles. The van der Waals surface area contributed by atoms with E-state index < -0.39 is 15.8 Å². The molecule has 0 aliphatic carbocycles. The number of hydrogen-bond acceptors (Lipinski definition) is 4. The molecule has 0 spiro atoms. The van der Waals surface area contributed by atoms with Crippen molar-refractivity contribution in [3.05, 3.63) is 42.3 Å². The fourth-order valence-corrected chi connectivity index (χ4v) is 2.17. The van der Waals surface area contributed by atoms with Crippen molar-refractivity contribution in [2.45, 2.75) is 0 Å². The van der Waals surface area contributed by atoms with Crippen LogP contribution in [0.1, 0.15) is 0 Å². The Morgan fingerprint density at radius 2 is 1.89 bits per heavy atom. The monoisotopic (exact) mass is 281 g/mol. The molecular weight excluding hydrogens is 269 g/mol. The maximum Gasteiger partial charge on any atom is 0.229 e. The van der Waals surface area contributed by atoms with E-state index in [1.165, 1.54) is 6.07 Å². The lowest BCUT2D eigenvalue weighted by Gasteiger charge is -2.07. The van der Waals surface area contributed by atoms with E-state index in [-0.39, 0.29) is 5.69 Å². The molecule has 2 rings (SSSR count). The molecule has 1 heterocycles. The van der Waals surface area contributed by atoms with Gasteiger partial charge in [0.25, 0.3) is 0 Å². The number of pyridine rings is 1. The first kappa shape index (κ1) is 13.3. The Hall–Kier alpha value is -2.15. The molecule has 19 heavy (non-hydrogen) atoms. The van der Waals surface area contributed by atoms with E-state index in [1.54, 1.807) is 24.3 Å². The zero-order valence-corrected chi connectivity index (χ0v) is 10.9. The molecule has 0 unspecified atom stereocenters. The minimum absolute atomic E-state index is 0.226. The summed E-state index contributed by atoms with van der Waals surface area (Å²) in [7, 11) is -3.31. The number of nitrogen functional groups attached to an aromatic ring is 1. The highest BCUT2D eigenvalue weighted by molar-refractivity contribution is 7.92. The van der Waals surface area contributed by atoms with E-state index >= 15 is 0 Å². The summed E-state index contributed by atoms with van der Waals surface area (Å²) in [4.78, 5) is 3.91. The van der Waals surface area contributed by atoms with Gasteiger partial charge in [-0.3, -0.25) is 9.71 Å². The Bertz CT molecular complexity index is 699. The lowest BCUT2D eigenvalue weighted by atomic mass is 10.1. The molecule has 0 bridgehead atoms. The van der Waals surface area contributed by atoms with Gasteiger partial charge in [0.15, 0.2) is 0 Å². The van der Waals surface area contributed by atoms with E-state index in [0.717, 1.165) is 12.5 Å². The topological polar surface area (TPSA) is 85.1 Å². The summed E-state index contributed by atoms with van der Waals surface area (Å²) in [6, 6.07) is 7.67. The Morgan fingerprint density at radius 1 is 1.26 bits per heavy atom. The number of anilines is 2. The molecule has 0 fully saturated rings. The molecule has 1 aromatic carbocycles. The molecule has 0 radical (unpaired) electrons. The van der Waals surface area contributed by atoms with Gasteiger partial charge in [0, 0.05) is 17.3 Å². The van der Waals surface area contributed by atoms with E-state index in [1.807, 2.05) is 0 Å². The predicted octanol–water partition coefficient (Wildman–Crippen LogP) is 1.84. The standard InChI is InChI=1S/C12H12FN3O2S/c1-19(17,18)16-10-4-2-8(3-5-10)12-11(14)6-9(13)7-15-12/h2-7,16H,14H2,1H3. The summed E-state index contributed by atoms with van der Waals surface area (Å²) < 4.78 is 37.4. The van der Waals surface area contributed by atoms with Crippen LogP contribution in [-0.4, -0.2) is 19.7 Å². The summed E-state index contributed by atoms with van der Waals surface area (Å²) in [5.74, 6) is -0.503. The summed E-state index contributed by atoms with van der Waals surface area (Å²) in [6.07, 6.45) is 2.15. The summed E-state index contributed by atoms with van der Waals surface area (Å²) in [5, 5.41) is 0. The van der Waals surface area contributed by atoms with Gasteiger partial charge in [0.05, 0.1) is 23.8 Å². The van der Waals surface area contributed by atoms with Crippen LogP contribution in [0.2, 0.25) is 0 Å². The van der Waals surface area contributed by atoms with Gasteiger partial charge in [-0.1, -0.05) is 12.1 Å². The van der Waals surface area contributed by atoms with Gasteiger partial charge >= 0.3 is 0 Å².